The van der Waals surface area contributed by atoms with Crippen molar-refractivity contribution in [3.8, 4) is 11.6 Å². The highest BCUT2D eigenvalue weighted by molar-refractivity contribution is 9.10. The molecule has 25 heavy (non-hydrogen) atoms. The zero-order valence-corrected chi connectivity index (χ0v) is 15.5. The Morgan fingerprint density at radius 1 is 1.20 bits per heavy atom. The van der Waals surface area contributed by atoms with Gasteiger partial charge in [-0.15, -0.1) is 0 Å². The van der Waals surface area contributed by atoms with Crippen LogP contribution in [-0.2, 0) is 4.74 Å². The number of nitrogens with one attached hydrogen (secondary N) is 1. The van der Waals surface area contributed by atoms with Crippen molar-refractivity contribution in [2.75, 3.05) is 50.4 Å². The van der Waals surface area contributed by atoms with E-state index in [-0.39, 0.29) is 0 Å². The van der Waals surface area contributed by atoms with E-state index < -0.39 is 0 Å². The quantitative estimate of drug-likeness (QED) is 0.682. The highest BCUT2D eigenvalue weighted by atomic mass is 79.9. The van der Waals surface area contributed by atoms with Crippen molar-refractivity contribution >= 4 is 27.4 Å². The van der Waals surface area contributed by atoms with Crippen molar-refractivity contribution in [2.24, 2.45) is 0 Å². The fourth-order valence-corrected chi connectivity index (χ4v) is 2.81. The molecular weight excluding hydrogens is 386 g/mol. The standard InChI is InChI=1S/C17H22BrN5O2/c18-13-2-4-14(5-3-13)25-17-15(19)16(21-12-22-17)20-6-1-7-23-8-10-24-11-9-23/h2-5,12H,1,6-11,19H2,(H,20,21,22). The zero-order chi connectivity index (χ0) is 17.5. The van der Waals surface area contributed by atoms with Crippen LogP contribution < -0.4 is 15.8 Å². The molecule has 1 aliphatic heterocycles. The van der Waals surface area contributed by atoms with Gasteiger partial charge in [0.1, 0.15) is 17.8 Å². The highest BCUT2D eigenvalue weighted by Crippen LogP contribution is 2.29. The topological polar surface area (TPSA) is 85.5 Å². The van der Waals surface area contributed by atoms with Crippen LogP contribution in [0.5, 0.6) is 11.6 Å². The summed E-state index contributed by atoms with van der Waals surface area (Å²) < 4.78 is 12.1. The summed E-state index contributed by atoms with van der Waals surface area (Å²) in [4.78, 5) is 10.7. The van der Waals surface area contributed by atoms with Crippen LogP contribution in [0.4, 0.5) is 11.5 Å². The molecule has 0 radical (unpaired) electrons. The minimum absolute atomic E-state index is 0.355. The smallest absolute Gasteiger partial charge is 0.248 e. The molecule has 2 aromatic rings. The minimum atomic E-state index is 0.355. The summed E-state index contributed by atoms with van der Waals surface area (Å²) in [7, 11) is 0. The van der Waals surface area contributed by atoms with E-state index in [1.807, 2.05) is 24.3 Å². The average molecular weight is 408 g/mol. The Bertz CT molecular complexity index is 677. The first-order chi connectivity index (χ1) is 12.2. The Balaban J connectivity index is 1.52. The normalized spacial score (nSPS) is 15.1. The van der Waals surface area contributed by atoms with Gasteiger partial charge in [0, 0.05) is 24.1 Å². The van der Waals surface area contributed by atoms with E-state index in [2.05, 4.69) is 36.1 Å². The van der Waals surface area contributed by atoms with E-state index in [0.717, 1.165) is 50.3 Å². The van der Waals surface area contributed by atoms with Gasteiger partial charge in [0.15, 0.2) is 5.82 Å². The van der Waals surface area contributed by atoms with Crippen molar-refractivity contribution in [3.63, 3.8) is 0 Å². The van der Waals surface area contributed by atoms with Gasteiger partial charge in [0.2, 0.25) is 5.88 Å². The largest absolute Gasteiger partial charge is 0.437 e. The van der Waals surface area contributed by atoms with Crippen molar-refractivity contribution < 1.29 is 9.47 Å². The number of nitrogens with zero attached hydrogens (tertiary/aromatic N) is 3. The second-order valence-corrected chi connectivity index (χ2v) is 6.65. The van der Waals surface area contributed by atoms with E-state index in [0.29, 0.717) is 23.1 Å². The summed E-state index contributed by atoms with van der Waals surface area (Å²) in [5, 5.41) is 3.27. The van der Waals surface area contributed by atoms with Gasteiger partial charge in [0.05, 0.1) is 13.2 Å². The van der Waals surface area contributed by atoms with Crippen molar-refractivity contribution in [2.45, 2.75) is 6.42 Å². The molecule has 1 aromatic heterocycles. The number of ether oxygens (including phenoxy) is 2. The van der Waals surface area contributed by atoms with Crippen molar-refractivity contribution in [1.29, 1.82) is 0 Å². The molecule has 2 heterocycles. The number of nitrogen functional groups attached to an aromatic ring is 1. The molecule has 1 aliphatic rings. The van der Waals surface area contributed by atoms with E-state index in [1.165, 1.54) is 6.33 Å². The number of hydrogen-bond donors (Lipinski definition) is 2. The number of nitrogens with two attached hydrogens (primary N) is 1. The summed E-state index contributed by atoms with van der Waals surface area (Å²) in [5.41, 5.74) is 6.55. The highest BCUT2D eigenvalue weighted by Gasteiger charge is 2.12. The monoisotopic (exact) mass is 407 g/mol. The Kier molecular flexibility index (Phi) is 6.43. The fourth-order valence-electron chi connectivity index (χ4n) is 2.55. The Labute approximate surface area is 155 Å². The van der Waals surface area contributed by atoms with Gasteiger partial charge in [-0.25, -0.2) is 4.98 Å². The summed E-state index contributed by atoms with van der Waals surface area (Å²) >= 11 is 3.39. The van der Waals surface area contributed by atoms with Crippen molar-refractivity contribution in [1.82, 2.24) is 14.9 Å². The molecule has 0 bridgehead atoms. The predicted octanol–water partition coefficient (Wildman–Crippen LogP) is 2.75. The molecule has 0 atom stereocenters. The first kappa shape index (κ1) is 17.9. The Hall–Kier alpha value is -1.90. The molecule has 1 saturated heterocycles. The van der Waals surface area contributed by atoms with Gasteiger partial charge < -0.3 is 20.5 Å². The van der Waals surface area contributed by atoms with Crippen LogP contribution in [0.3, 0.4) is 0 Å². The molecule has 0 saturated carbocycles. The molecule has 0 spiro atoms. The second kappa shape index (κ2) is 8.98. The van der Waals surface area contributed by atoms with Crippen LogP contribution in [-0.4, -0.2) is 54.3 Å². The van der Waals surface area contributed by atoms with E-state index in [4.69, 9.17) is 15.2 Å². The first-order valence-electron chi connectivity index (χ1n) is 8.30. The molecule has 3 N–H and O–H groups in total. The van der Waals surface area contributed by atoms with Crippen LogP contribution >= 0.6 is 15.9 Å². The summed E-state index contributed by atoms with van der Waals surface area (Å²) in [6.07, 6.45) is 2.46. The van der Waals surface area contributed by atoms with Gasteiger partial charge >= 0.3 is 0 Å². The molecule has 0 amide bonds. The van der Waals surface area contributed by atoms with Gasteiger partial charge in [-0.1, -0.05) is 15.9 Å². The number of rotatable bonds is 7. The third-order valence-electron chi connectivity index (χ3n) is 3.92. The first-order valence-corrected chi connectivity index (χ1v) is 9.09. The molecule has 3 rings (SSSR count). The number of anilines is 2. The number of benzene rings is 1. The third kappa shape index (κ3) is 5.29. The number of halogens is 1. The predicted molar refractivity (Wildman–Crippen MR) is 101 cm³/mol. The van der Waals surface area contributed by atoms with Gasteiger partial charge in [0.25, 0.3) is 0 Å². The summed E-state index contributed by atoms with van der Waals surface area (Å²) in [6.45, 7) is 5.47. The maximum absolute atomic E-state index is 6.14. The van der Waals surface area contributed by atoms with E-state index >= 15 is 0 Å². The molecule has 0 aliphatic carbocycles. The average Bonchev–Trinajstić information content (AvgIpc) is 2.64. The van der Waals surface area contributed by atoms with E-state index in [9.17, 15) is 0 Å². The molecule has 1 aromatic carbocycles. The lowest BCUT2D eigenvalue weighted by Crippen LogP contribution is -2.37. The third-order valence-corrected chi connectivity index (χ3v) is 4.45. The summed E-state index contributed by atoms with van der Waals surface area (Å²) in [6, 6.07) is 7.50. The Morgan fingerprint density at radius 2 is 1.96 bits per heavy atom. The maximum Gasteiger partial charge on any atom is 0.248 e. The van der Waals surface area contributed by atoms with Crippen LogP contribution in [0.1, 0.15) is 6.42 Å². The second-order valence-electron chi connectivity index (χ2n) is 5.73. The molecule has 1 fully saturated rings. The van der Waals surface area contributed by atoms with Crippen molar-refractivity contribution in [3.05, 3.63) is 35.1 Å². The summed E-state index contributed by atoms with van der Waals surface area (Å²) in [5.74, 6) is 1.63. The lowest BCUT2D eigenvalue weighted by Gasteiger charge is -2.26. The number of hydrogen-bond acceptors (Lipinski definition) is 7. The zero-order valence-electron chi connectivity index (χ0n) is 13.9. The van der Waals surface area contributed by atoms with Gasteiger partial charge in [-0.3, -0.25) is 4.90 Å². The molecule has 134 valence electrons. The van der Waals surface area contributed by atoms with Crippen LogP contribution in [0.25, 0.3) is 0 Å². The fraction of sp³-hybridized carbons (Fsp3) is 0.412. The number of morpholine rings is 1. The van der Waals surface area contributed by atoms with E-state index in [1.54, 1.807) is 0 Å². The molecule has 0 unspecified atom stereocenters. The van der Waals surface area contributed by atoms with Crippen LogP contribution in [0.2, 0.25) is 0 Å². The molecule has 8 heteroatoms. The minimum Gasteiger partial charge on any atom is -0.437 e. The number of aromatic nitrogens is 2. The van der Waals surface area contributed by atoms with Gasteiger partial charge in [-0.2, -0.15) is 4.98 Å². The SMILES string of the molecule is Nc1c(NCCCN2CCOCC2)ncnc1Oc1ccc(Br)cc1. The lowest BCUT2D eigenvalue weighted by molar-refractivity contribution is 0.0378. The maximum atomic E-state index is 6.14. The van der Waals surface area contributed by atoms with Crippen LogP contribution in [0, 0.1) is 0 Å². The Morgan fingerprint density at radius 3 is 2.72 bits per heavy atom. The molecular formula is C17H22BrN5O2. The lowest BCUT2D eigenvalue weighted by atomic mass is 10.3. The molecule has 7 nitrogen and oxygen atoms in total. The van der Waals surface area contributed by atoms with Crippen LogP contribution in [0.15, 0.2) is 35.1 Å². The van der Waals surface area contributed by atoms with Gasteiger partial charge in [-0.05, 0) is 37.2 Å².